The van der Waals surface area contributed by atoms with E-state index in [0.717, 1.165) is 22.8 Å². The Labute approximate surface area is 196 Å². The number of guanidine groups is 1. The molecule has 6 nitrogen and oxygen atoms in total. The molecule has 164 valence electrons. The molecule has 30 heavy (non-hydrogen) atoms. The van der Waals surface area contributed by atoms with E-state index in [4.69, 9.17) is 4.74 Å². The Balaban J connectivity index is 0.00000320. The first-order valence-corrected chi connectivity index (χ1v) is 11.4. The third kappa shape index (κ3) is 6.10. The number of rotatable bonds is 5. The van der Waals surface area contributed by atoms with Gasteiger partial charge in [0.25, 0.3) is 0 Å². The van der Waals surface area contributed by atoms with Crippen LogP contribution in [0.3, 0.4) is 0 Å². The first-order valence-electron chi connectivity index (χ1n) is 9.74. The summed E-state index contributed by atoms with van der Waals surface area (Å²) in [6.07, 6.45) is 0. The van der Waals surface area contributed by atoms with Crippen molar-refractivity contribution in [2.45, 2.75) is 31.7 Å². The Morgan fingerprint density at radius 2 is 1.73 bits per heavy atom. The lowest BCUT2D eigenvalue weighted by atomic mass is 10.1. The van der Waals surface area contributed by atoms with Gasteiger partial charge >= 0.3 is 0 Å². The number of aliphatic imine (C=N–C) groups is 1. The molecule has 0 atom stereocenters. The molecule has 1 saturated heterocycles. The SMILES string of the molecule is CN=C(NCc1ccc(COc2ccccc2)cc1)N1CCS(=O)(=O)C(C)(C)C1.I. The fourth-order valence-electron chi connectivity index (χ4n) is 3.27. The summed E-state index contributed by atoms with van der Waals surface area (Å²) in [7, 11) is -1.34. The second-order valence-corrected chi connectivity index (χ2v) is 10.6. The second-order valence-electron chi connectivity index (χ2n) is 7.82. The summed E-state index contributed by atoms with van der Waals surface area (Å²) in [5.41, 5.74) is 2.23. The number of nitrogens with one attached hydrogen (secondary N) is 1. The van der Waals surface area contributed by atoms with Crippen molar-refractivity contribution < 1.29 is 13.2 Å². The predicted octanol–water partition coefficient (Wildman–Crippen LogP) is 3.47. The van der Waals surface area contributed by atoms with E-state index >= 15 is 0 Å². The molecule has 0 saturated carbocycles. The molecule has 1 fully saturated rings. The van der Waals surface area contributed by atoms with E-state index in [-0.39, 0.29) is 29.7 Å². The van der Waals surface area contributed by atoms with Crippen molar-refractivity contribution in [3.8, 4) is 5.75 Å². The van der Waals surface area contributed by atoms with Crippen LogP contribution in [0.5, 0.6) is 5.75 Å². The molecule has 0 amide bonds. The van der Waals surface area contributed by atoms with E-state index in [9.17, 15) is 8.42 Å². The molecule has 1 aliphatic heterocycles. The zero-order chi connectivity index (χ0) is 20.9. The van der Waals surface area contributed by atoms with Gasteiger partial charge in [0.15, 0.2) is 15.8 Å². The second kappa shape index (κ2) is 10.5. The van der Waals surface area contributed by atoms with Gasteiger partial charge in [-0.2, -0.15) is 0 Å². The summed E-state index contributed by atoms with van der Waals surface area (Å²) in [5.74, 6) is 1.73. The minimum absolute atomic E-state index is 0. The van der Waals surface area contributed by atoms with Crippen LogP contribution in [0.25, 0.3) is 0 Å². The normalized spacial score (nSPS) is 17.7. The number of benzene rings is 2. The first kappa shape index (κ1) is 24.5. The van der Waals surface area contributed by atoms with E-state index in [2.05, 4.69) is 34.6 Å². The standard InChI is InChI=1S/C22H29N3O3S.HI/c1-22(2)17-25(13-14-29(22,26)27)21(23-3)24-15-18-9-11-19(12-10-18)16-28-20-7-5-4-6-8-20;/h4-12H,13-17H2,1-3H3,(H,23,24);1H. The molecule has 0 unspecified atom stereocenters. The molecular formula is C22H30IN3O3S. The van der Waals surface area contributed by atoms with Gasteiger partial charge in [-0.05, 0) is 37.1 Å². The van der Waals surface area contributed by atoms with Crippen LogP contribution in [-0.2, 0) is 23.0 Å². The highest BCUT2D eigenvalue weighted by molar-refractivity contribution is 14.0. The van der Waals surface area contributed by atoms with Gasteiger partial charge in [0.05, 0.1) is 10.5 Å². The van der Waals surface area contributed by atoms with Gasteiger partial charge in [0.1, 0.15) is 12.4 Å². The van der Waals surface area contributed by atoms with Crippen molar-refractivity contribution in [2.75, 3.05) is 25.9 Å². The summed E-state index contributed by atoms with van der Waals surface area (Å²) in [6.45, 7) is 5.59. The molecule has 0 spiro atoms. The molecule has 0 aromatic heterocycles. The van der Waals surface area contributed by atoms with Gasteiger partial charge < -0.3 is 15.0 Å². The minimum atomic E-state index is -3.07. The Kier molecular flexibility index (Phi) is 8.54. The lowest BCUT2D eigenvalue weighted by molar-refractivity contribution is 0.306. The maximum absolute atomic E-state index is 12.2. The van der Waals surface area contributed by atoms with E-state index in [1.54, 1.807) is 20.9 Å². The summed E-state index contributed by atoms with van der Waals surface area (Å²) in [6, 6.07) is 18.0. The molecule has 2 aromatic carbocycles. The quantitative estimate of drug-likeness (QED) is 0.356. The van der Waals surface area contributed by atoms with E-state index in [1.165, 1.54) is 0 Å². The highest BCUT2D eigenvalue weighted by Gasteiger charge is 2.40. The molecule has 3 rings (SSSR count). The third-order valence-corrected chi connectivity index (χ3v) is 7.71. The lowest BCUT2D eigenvalue weighted by Gasteiger charge is -2.39. The Morgan fingerprint density at radius 3 is 2.33 bits per heavy atom. The average Bonchev–Trinajstić information content (AvgIpc) is 2.71. The molecule has 1 aliphatic rings. The molecule has 2 aromatic rings. The van der Waals surface area contributed by atoms with Crippen molar-refractivity contribution in [1.29, 1.82) is 0 Å². The van der Waals surface area contributed by atoms with Crippen molar-refractivity contribution in [3.05, 3.63) is 65.7 Å². The monoisotopic (exact) mass is 543 g/mol. The van der Waals surface area contributed by atoms with Crippen LogP contribution in [0, 0.1) is 0 Å². The van der Waals surface area contributed by atoms with Gasteiger partial charge in [0, 0.05) is 26.7 Å². The van der Waals surface area contributed by atoms with Crippen LogP contribution < -0.4 is 10.1 Å². The van der Waals surface area contributed by atoms with Gasteiger partial charge in [0.2, 0.25) is 0 Å². The number of halogens is 1. The van der Waals surface area contributed by atoms with E-state index < -0.39 is 14.6 Å². The van der Waals surface area contributed by atoms with Crippen molar-refractivity contribution in [3.63, 3.8) is 0 Å². The molecule has 1 N–H and O–H groups in total. The van der Waals surface area contributed by atoms with Crippen molar-refractivity contribution in [2.24, 2.45) is 4.99 Å². The van der Waals surface area contributed by atoms with Crippen molar-refractivity contribution >= 4 is 39.8 Å². The van der Waals surface area contributed by atoms with E-state index in [0.29, 0.717) is 26.2 Å². The third-order valence-electron chi connectivity index (χ3n) is 5.18. The number of hydrogen-bond acceptors (Lipinski definition) is 4. The molecule has 0 bridgehead atoms. The van der Waals surface area contributed by atoms with Gasteiger partial charge in [-0.25, -0.2) is 8.42 Å². The predicted molar refractivity (Wildman–Crippen MR) is 132 cm³/mol. The molecular weight excluding hydrogens is 513 g/mol. The highest BCUT2D eigenvalue weighted by Crippen LogP contribution is 2.23. The summed E-state index contributed by atoms with van der Waals surface area (Å²) < 4.78 is 29.4. The zero-order valence-electron chi connectivity index (χ0n) is 17.7. The van der Waals surface area contributed by atoms with E-state index in [1.807, 2.05) is 35.2 Å². The fourth-order valence-corrected chi connectivity index (χ4v) is 4.64. The number of sulfone groups is 1. The smallest absolute Gasteiger partial charge is 0.193 e. The fraction of sp³-hybridized carbons (Fsp3) is 0.409. The largest absolute Gasteiger partial charge is 0.489 e. The maximum atomic E-state index is 12.2. The average molecular weight is 543 g/mol. The first-order chi connectivity index (χ1) is 13.8. The topological polar surface area (TPSA) is 71.0 Å². The number of nitrogens with zero attached hydrogens (tertiary/aromatic N) is 2. The molecule has 0 aliphatic carbocycles. The summed E-state index contributed by atoms with van der Waals surface area (Å²) >= 11 is 0. The highest BCUT2D eigenvalue weighted by atomic mass is 127. The zero-order valence-corrected chi connectivity index (χ0v) is 20.8. The van der Waals surface area contributed by atoms with Crippen LogP contribution >= 0.6 is 24.0 Å². The van der Waals surface area contributed by atoms with Crippen LogP contribution in [0.4, 0.5) is 0 Å². The molecule has 0 radical (unpaired) electrons. The molecule has 1 heterocycles. The number of ether oxygens (including phenoxy) is 1. The van der Waals surface area contributed by atoms with Gasteiger partial charge in [-0.3, -0.25) is 4.99 Å². The summed E-state index contributed by atoms with van der Waals surface area (Å²) in [5, 5.41) is 3.35. The Hall–Kier alpha value is -1.81. The number of hydrogen-bond donors (Lipinski definition) is 1. The van der Waals surface area contributed by atoms with Crippen LogP contribution in [0.15, 0.2) is 59.6 Å². The van der Waals surface area contributed by atoms with Gasteiger partial charge in [-0.15, -0.1) is 24.0 Å². The summed E-state index contributed by atoms with van der Waals surface area (Å²) in [4.78, 5) is 6.35. The maximum Gasteiger partial charge on any atom is 0.193 e. The van der Waals surface area contributed by atoms with Crippen LogP contribution in [0.1, 0.15) is 25.0 Å². The van der Waals surface area contributed by atoms with Gasteiger partial charge in [-0.1, -0.05) is 42.5 Å². The van der Waals surface area contributed by atoms with Crippen LogP contribution in [-0.4, -0.2) is 49.9 Å². The number of para-hydroxylation sites is 1. The van der Waals surface area contributed by atoms with Crippen molar-refractivity contribution in [1.82, 2.24) is 10.2 Å². The van der Waals surface area contributed by atoms with Crippen LogP contribution in [0.2, 0.25) is 0 Å². The lowest BCUT2D eigenvalue weighted by Crippen LogP contribution is -2.57. The Bertz CT molecular complexity index is 945. The molecule has 8 heteroatoms. The minimum Gasteiger partial charge on any atom is -0.489 e. The Morgan fingerprint density at radius 1 is 1.10 bits per heavy atom.